The molecule has 0 aromatic heterocycles. The average Bonchev–Trinajstić information content (AvgIpc) is 2.40. The molecule has 0 amide bonds. The van der Waals surface area contributed by atoms with Crippen LogP contribution in [-0.4, -0.2) is 30.6 Å². The van der Waals surface area contributed by atoms with E-state index in [0.29, 0.717) is 17.3 Å². The van der Waals surface area contributed by atoms with Gasteiger partial charge in [-0.15, -0.1) is 0 Å². The predicted octanol–water partition coefficient (Wildman–Crippen LogP) is 1.65. The van der Waals surface area contributed by atoms with Crippen molar-refractivity contribution in [1.82, 2.24) is 4.90 Å². The molecule has 0 radical (unpaired) electrons. The average molecular weight is 242 g/mol. The van der Waals surface area contributed by atoms with E-state index in [1.54, 1.807) is 6.07 Å². The first-order chi connectivity index (χ1) is 8.76. The first-order valence-corrected chi connectivity index (χ1v) is 6.55. The van der Waals surface area contributed by atoms with Crippen LogP contribution in [-0.2, 0) is 0 Å². The molecule has 94 valence electrons. The monoisotopic (exact) mass is 242 g/mol. The molecule has 3 fully saturated rings. The topological polar surface area (TPSA) is 65.1 Å². The van der Waals surface area contributed by atoms with Crippen LogP contribution in [0.1, 0.15) is 18.4 Å². The van der Waals surface area contributed by atoms with E-state index in [9.17, 15) is 0 Å². The molecule has 3 aliphatic heterocycles. The maximum Gasteiger partial charge on any atom is 0.101 e. The van der Waals surface area contributed by atoms with Crippen molar-refractivity contribution >= 4 is 11.4 Å². The van der Waals surface area contributed by atoms with Gasteiger partial charge in [-0.3, -0.25) is 0 Å². The van der Waals surface area contributed by atoms with Crippen molar-refractivity contribution in [2.24, 2.45) is 5.92 Å². The number of nitrogens with two attached hydrogens (primary N) is 1. The van der Waals surface area contributed by atoms with Crippen molar-refractivity contribution in [3.8, 4) is 6.07 Å². The molecule has 4 rings (SSSR count). The van der Waals surface area contributed by atoms with Crippen LogP contribution in [0.25, 0.3) is 0 Å². The van der Waals surface area contributed by atoms with Gasteiger partial charge in [-0.25, -0.2) is 0 Å². The van der Waals surface area contributed by atoms with Gasteiger partial charge in [0, 0.05) is 18.3 Å². The highest BCUT2D eigenvalue weighted by atomic mass is 15.2. The molecule has 3 aliphatic rings. The maximum atomic E-state index is 8.86. The van der Waals surface area contributed by atoms with Crippen molar-refractivity contribution in [1.29, 1.82) is 5.26 Å². The first-order valence-electron chi connectivity index (χ1n) is 6.55. The summed E-state index contributed by atoms with van der Waals surface area (Å²) >= 11 is 0. The Kier molecular flexibility index (Phi) is 2.85. The maximum absolute atomic E-state index is 8.86. The Balaban J connectivity index is 1.73. The smallest absolute Gasteiger partial charge is 0.101 e. The highest BCUT2D eigenvalue weighted by Gasteiger charge is 2.33. The second-order valence-corrected chi connectivity index (χ2v) is 5.30. The van der Waals surface area contributed by atoms with E-state index < -0.39 is 0 Å². The van der Waals surface area contributed by atoms with Gasteiger partial charge in [-0.05, 0) is 50.0 Å². The van der Waals surface area contributed by atoms with E-state index in [-0.39, 0.29) is 0 Å². The van der Waals surface area contributed by atoms with Crippen molar-refractivity contribution < 1.29 is 0 Å². The number of hydrogen-bond acceptors (Lipinski definition) is 4. The molecule has 1 aromatic rings. The number of hydrogen-bond donors (Lipinski definition) is 2. The number of piperidine rings is 3. The van der Waals surface area contributed by atoms with Gasteiger partial charge in [0.05, 0.1) is 11.3 Å². The third-order valence-corrected chi connectivity index (χ3v) is 4.18. The third kappa shape index (κ3) is 2.02. The number of fused-ring (bicyclic) bond motifs is 3. The lowest BCUT2D eigenvalue weighted by Gasteiger charge is -2.45. The van der Waals surface area contributed by atoms with E-state index in [2.05, 4.69) is 16.3 Å². The molecule has 1 aromatic carbocycles. The Morgan fingerprint density at radius 3 is 2.67 bits per heavy atom. The van der Waals surface area contributed by atoms with Crippen molar-refractivity contribution in [2.75, 3.05) is 30.7 Å². The van der Waals surface area contributed by atoms with Crippen molar-refractivity contribution in [3.63, 3.8) is 0 Å². The minimum absolute atomic E-state index is 0.528. The molecule has 18 heavy (non-hydrogen) atoms. The zero-order chi connectivity index (χ0) is 12.5. The van der Waals surface area contributed by atoms with Crippen molar-refractivity contribution in [2.45, 2.75) is 18.9 Å². The zero-order valence-corrected chi connectivity index (χ0v) is 10.4. The van der Waals surface area contributed by atoms with E-state index in [1.807, 2.05) is 12.1 Å². The molecular weight excluding hydrogens is 224 g/mol. The van der Waals surface area contributed by atoms with Crippen LogP contribution in [0.15, 0.2) is 18.2 Å². The largest absolute Gasteiger partial charge is 0.398 e. The van der Waals surface area contributed by atoms with E-state index in [1.165, 1.54) is 25.9 Å². The molecule has 3 saturated heterocycles. The third-order valence-electron chi connectivity index (χ3n) is 4.18. The van der Waals surface area contributed by atoms with Gasteiger partial charge in [-0.1, -0.05) is 0 Å². The quantitative estimate of drug-likeness (QED) is 0.774. The number of anilines is 2. The molecule has 4 nitrogen and oxygen atoms in total. The molecule has 2 bridgehead atoms. The van der Waals surface area contributed by atoms with Crippen LogP contribution in [0.4, 0.5) is 11.4 Å². The zero-order valence-electron chi connectivity index (χ0n) is 10.4. The number of nitrogens with zero attached hydrogens (tertiary/aromatic N) is 2. The normalized spacial score (nSPS) is 29.8. The van der Waals surface area contributed by atoms with Gasteiger partial charge >= 0.3 is 0 Å². The fourth-order valence-electron chi connectivity index (χ4n) is 3.10. The second-order valence-electron chi connectivity index (χ2n) is 5.30. The van der Waals surface area contributed by atoms with E-state index >= 15 is 0 Å². The van der Waals surface area contributed by atoms with Crippen LogP contribution in [0.3, 0.4) is 0 Å². The van der Waals surface area contributed by atoms with Gasteiger partial charge in [0.1, 0.15) is 6.07 Å². The number of benzene rings is 1. The van der Waals surface area contributed by atoms with Gasteiger partial charge in [0.25, 0.3) is 0 Å². The van der Waals surface area contributed by atoms with Crippen LogP contribution in [0, 0.1) is 17.2 Å². The molecule has 0 spiro atoms. The van der Waals surface area contributed by atoms with Crippen molar-refractivity contribution in [3.05, 3.63) is 23.8 Å². The Bertz CT molecular complexity index is 483. The molecule has 4 heteroatoms. The first kappa shape index (κ1) is 11.4. The summed E-state index contributed by atoms with van der Waals surface area (Å²) in [5.41, 5.74) is 7.98. The summed E-state index contributed by atoms with van der Waals surface area (Å²) in [6.07, 6.45) is 2.59. The molecule has 0 saturated carbocycles. The summed E-state index contributed by atoms with van der Waals surface area (Å²) in [6, 6.07) is 8.23. The van der Waals surface area contributed by atoms with Crippen LogP contribution < -0.4 is 11.1 Å². The second kappa shape index (κ2) is 4.51. The van der Waals surface area contributed by atoms with Crippen LogP contribution in [0.5, 0.6) is 0 Å². The summed E-state index contributed by atoms with van der Waals surface area (Å²) in [7, 11) is 0. The SMILES string of the molecule is N#Cc1ccc(NC2CN3CCC2CC3)cc1N. The Morgan fingerprint density at radius 2 is 2.11 bits per heavy atom. The summed E-state index contributed by atoms with van der Waals surface area (Å²) in [5.74, 6) is 0.784. The Morgan fingerprint density at radius 1 is 1.33 bits per heavy atom. The highest BCUT2D eigenvalue weighted by molar-refractivity contribution is 5.63. The lowest BCUT2D eigenvalue weighted by atomic mass is 9.84. The molecule has 1 atom stereocenters. The summed E-state index contributed by atoms with van der Waals surface area (Å²) in [5, 5.41) is 12.4. The fraction of sp³-hybridized carbons (Fsp3) is 0.500. The van der Waals surface area contributed by atoms with Crippen LogP contribution >= 0.6 is 0 Å². The lowest BCUT2D eigenvalue weighted by molar-refractivity contribution is 0.0975. The van der Waals surface area contributed by atoms with E-state index in [0.717, 1.165) is 18.2 Å². The van der Waals surface area contributed by atoms with Crippen LogP contribution in [0.2, 0.25) is 0 Å². The summed E-state index contributed by atoms with van der Waals surface area (Å²) in [6.45, 7) is 3.63. The fourth-order valence-corrected chi connectivity index (χ4v) is 3.10. The number of nitrogen functional groups attached to an aromatic ring is 1. The molecule has 3 N–H and O–H groups in total. The Labute approximate surface area is 107 Å². The minimum Gasteiger partial charge on any atom is -0.398 e. The molecule has 1 unspecified atom stereocenters. The molecular formula is C14H18N4. The summed E-state index contributed by atoms with van der Waals surface area (Å²) in [4.78, 5) is 2.52. The number of nitriles is 1. The highest BCUT2D eigenvalue weighted by Crippen LogP contribution is 2.30. The number of rotatable bonds is 2. The van der Waals surface area contributed by atoms with Gasteiger partial charge < -0.3 is 16.0 Å². The Hall–Kier alpha value is -1.73. The standard InChI is InChI=1S/C14H18N4/c15-8-11-1-2-12(7-13(11)16)17-14-9-18-5-3-10(14)4-6-18/h1-2,7,10,14,17H,3-6,9,16H2. The molecule has 0 aliphatic carbocycles. The summed E-state index contributed by atoms with van der Waals surface area (Å²) < 4.78 is 0. The lowest BCUT2D eigenvalue weighted by Crippen LogP contribution is -2.53. The van der Waals surface area contributed by atoms with E-state index in [4.69, 9.17) is 11.0 Å². The van der Waals surface area contributed by atoms with Gasteiger partial charge in [-0.2, -0.15) is 5.26 Å². The van der Waals surface area contributed by atoms with Gasteiger partial charge in [0.2, 0.25) is 0 Å². The predicted molar refractivity (Wildman–Crippen MR) is 72.1 cm³/mol. The molecule has 3 heterocycles. The van der Waals surface area contributed by atoms with Gasteiger partial charge in [0.15, 0.2) is 0 Å². The minimum atomic E-state index is 0.528. The number of nitrogens with one attached hydrogen (secondary N) is 1.